The van der Waals surface area contributed by atoms with Gasteiger partial charge in [-0.05, 0) is 25.5 Å². The molecule has 0 radical (unpaired) electrons. The summed E-state index contributed by atoms with van der Waals surface area (Å²) in [6.07, 6.45) is 1.47. The maximum Gasteiger partial charge on any atom is 0.251 e. The topological polar surface area (TPSA) is 75.4 Å². The van der Waals surface area contributed by atoms with Crippen molar-refractivity contribution in [2.45, 2.75) is 25.8 Å². The molecule has 1 aliphatic heterocycles. The maximum atomic E-state index is 12.2. The Hall–Kier alpha value is -1.46. The number of amides is 2. The van der Waals surface area contributed by atoms with Gasteiger partial charge in [0, 0.05) is 31.1 Å². The lowest BCUT2D eigenvalue weighted by Gasteiger charge is -2.21. The lowest BCUT2D eigenvalue weighted by Crippen LogP contribution is -2.42. The van der Waals surface area contributed by atoms with Crippen molar-refractivity contribution in [3.05, 3.63) is 27.7 Å². The second-order valence-corrected chi connectivity index (χ2v) is 5.96. The molecule has 1 aliphatic rings. The van der Waals surface area contributed by atoms with Crippen molar-refractivity contribution in [2.75, 3.05) is 18.8 Å². The van der Waals surface area contributed by atoms with Crippen molar-refractivity contribution >= 4 is 40.7 Å². The molecule has 1 saturated heterocycles. The average molecular weight is 330 g/mol. The van der Waals surface area contributed by atoms with Crippen LogP contribution < -0.4 is 11.1 Å². The first-order valence-corrected chi connectivity index (χ1v) is 7.47. The van der Waals surface area contributed by atoms with Crippen LogP contribution in [0.1, 0.15) is 30.1 Å². The van der Waals surface area contributed by atoms with Crippen molar-refractivity contribution in [1.82, 2.24) is 10.2 Å². The Kier molecular flexibility index (Phi) is 4.96. The molecule has 0 bridgehead atoms. The van der Waals surface area contributed by atoms with E-state index in [2.05, 4.69) is 5.32 Å². The number of likely N-dealkylation sites (tertiary alicyclic amines) is 1. The average Bonchev–Trinajstić information content (AvgIpc) is 2.80. The van der Waals surface area contributed by atoms with Gasteiger partial charge in [0.1, 0.15) is 0 Å². The maximum absolute atomic E-state index is 12.2. The van der Waals surface area contributed by atoms with E-state index >= 15 is 0 Å². The number of hydrogen-bond donors (Lipinski definition) is 2. The highest BCUT2D eigenvalue weighted by Gasteiger charge is 2.22. The number of nitrogens with one attached hydrogen (secondary N) is 1. The van der Waals surface area contributed by atoms with Crippen molar-refractivity contribution in [2.24, 2.45) is 0 Å². The Morgan fingerprint density at radius 3 is 2.76 bits per heavy atom. The molecule has 3 N–H and O–H groups in total. The molecule has 2 amide bonds. The van der Waals surface area contributed by atoms with Crippen LogP contribution in [0.3, 0.4) is 0 Å². The highest BCUT2D eigenvalue weighted by atomic mass is 35.5. The SMILES string of the molecule is CC(CN1CCCC1=O)NC(=O)c1cc(N)c(Cl)c(Cl)c1. The standard InChI is InChI=1S/C14H17Cl2N3O2/c1-8(7-19-4-2-3-12(19)20)18-14(21)9-5-10(15)13(16)11(17)6-9/h5-6,8H,2-4,7,17H2,1H3,(H,18,21). The smallest absolute Gasteiger partial charge is 0.251 e. The van der Waals surface area contributed by atoms with Crippen LogP contribution in [0.25, 0.3) is 0 Å². The summed E-state index contributed by atoms with van der Waals surface area (Å²) in [7, 11) is 0. The van der Waals surface area contributed by atoms with E-state index in [1.165, 1.54) is 12.1 Å². The van der Waals surface area contributed by atoms with Crippen LogP contribution in [0.4, 0.5) is 5.69 Å². The van der Waals surface area contributed by atoms with Crippen molar-refractivity contribution in [3.63, 3.8) is 0 Å². The third kappa shape index (κ3) is 3.80. The molecule has 114 valence electrons. The monoisotopic (exact) mass is 329 g/mol. The summed E-state index contributed by atoms with van der Waals surface area (Å²) in [5.74, 6) is -0.158. The van der Waals surface area contributed by atoms with Crippen LogP contribution >= 0.6 is 23.2 Å². The molecule has 1 aromatic rings. The molecule has 1 unspecified atom stereocenters. The fourth-order valence-electron chi connectivity index (χ4n) is 2.32. The summed E-state index contributed by atoms with van der Waals surface area (Å²) < 4.78 is 0. The molecule has 1 heterocycles. The van der Waals surface area contributed by atoms with Crippen LogP contribution in [0.15, 0.2) is 12.1 Å². The summed E-state index contributed by atoms with van der Waals surface area (Å²) >= 11 is 11.8. The highest BCUT2D eigenvalue weighted by Crippen LogP contribution is 2.29. The van der Waals surface area contributed by atoms with E-state index in [9.17, 15) is 9.59 Å². The number of carbonyl (C=O) groups excluding carboxylic acids is 2. The van der Waals surface area contributed by atoms with Crippen LogP contribution in [-0.4, -0.2) is 35.8 Å². The van der Waals surface area contributed by atoms with Gasteiger partial charge in [-0.15, -0.1) is 0 Å². The van der Waals surface area contributed by atoms with Gasteiger partial charge in [0.25, 0.3) is 5.91 Å². The Labute approximate surface area is 133 Å². The van der Waals surface area contributed by atoms with Gasteiger partial charge in [0.15, 0.2) is 0 Å². The van der Waals surface area contributed by atoms with Crippen LogP contribution in [-0.2, 0) is 4.79 Å². The molecule has 21 heavy (non-hydrogen) atoms. The Balaban J connectivity index is 1.99. The van der Waals surface area contributed by atoms with Gasteiger partial charge in [-0.1, -0.05) is 23.2 Å². The third-order valence-electron chi connectivity index (χ3n) is 3.36. The van der Waals surface area contributed by atoms with Gasteiger partial charge in [0.05, 0.1) is 15.7 Å². The van der Waals surface area contributed by atoms with E-state index in [1.807, 2.05) is 6.92 Å². The second kappa shape index (κ2) is 6.54. The molecule has 1 atom stereocenters. The largest absolute Gasteiger partial charge is 0.397 e. The molecular weight excluding hydrogens is 313 g/mol. The highest BCUT2D eigenvalue weighted by molar-refractivity contribution is 6.43. The van der Waals surface area contributed by atoms with Gasteiger partial charge in [0.2, 0.25) is 5.91 Å². The van der Waals surface area contributed by atoms with E-state index in [4.69, 9.17) is 28.9 Å². The zero-order valence-corrected chi connectivity index (χ0v) is 13.2. The second-order valence-electron chi connectivity index (χ2n) is 5.18. The predicted octanol–water partition coefficient (Wildman–Crippen LogP) is 2.32. The zero-order valence-electron chi connectivity index (χ0n) is 11.7. The number of rotatable bonds is 4. The molecule has 2 rings (SSSR count). The Bertz CT molecular complexity index is 554. The number of carbonyl (C=O) groups is 2. The summed E-state index contributed by atoms with van der Waals surface area (Å²) in [6.45, 7) is 3.10. The van der Waals surface area contributed by atoms with Crippen molar-refractivity contribution < 1.29 is 9.59 Å². The Morgan fingerprint density at radius 1 is 1.48 bits per heavy atom. The third-order valence-corrected chi connectivity index (χ3v) is 4.18. The van der Waals surface area contributed by atoms with E-state index < -0.39 is 0 Å². The molecule has 0 spiro atoms. The predicted molar refractivity (Wildman–Crippen MR) is 83.6 cm³/mol. The first-order chi connectivity index (χ1) is 9.88. The molecule has 1 aromatic carbocycles. The normalized spacial score (nSPS) is 16.1. The molecule has 0 aliphatic carbocycles. The minimum absolute atomic E-state index is 0.134. The molecule has 0 saturated carbocycles. The lowest BCUT2D eigenvalue weighted by molar-refractivity contribution is -0.127. The minimum Gasteiger partial charge on any atom is -0.397 e. The Morgan fingerprint density at radius 2 is 2.19 bits per heavy atom. The number of anilines is 1. The number of nitrogens with two attached hydrogens (primary N) is 1. The summed E-state index contributed by atoms with van der Waals surface area (Å²) in [4.78, 5) is 25.5. The number of benzene rings is 1. The summed E-state index contributed by atoms with van der Waals surface area (Å²) in [5, 5.41) is 3.31. The first kappa shape index (κ1) is 15.9. The number of nitrogens with zero attached hydrogens (tertiary/aromatic N) is 1. The van der Waals surface area contributed by atoms with Gasteiger partial charge in [-0.2, -0.15) is 0 Å². The summed E-state index contributed by atoms with van der Waals surface area (Å²) in [5.41, 5.74) is 6.30. The fourth-order valence-corrected chi connectivity index (χ4v) is 2.66. The summed E-state index contributed by atoms with van der Waals surface area (Å²) in [6, 6.07) is 2.80. The van der Waals surface area contributed by atoms with Gasteiger partial charge in [-0.25, -0.2) is 0 Å². The van der Waals surface area contributed by atoms with E-state index in [0.29, 0.717) is 18.5 Å². The van der Waals surface area contributed by atoms with Gasteiger partial charge in [-0.3, -0.25) is 9.59 Å². The molecule has 7 heteroatoms. The van der Waals surface area contributed by atoms with E-state index in [1.54, 1.807) is 4.90 Å². The minimum atomic E-state index is -0.292. The van der Waals surface area contributed by atoms with Gasteiger partial charge < -0.3 is 16.0 Å². The fraction of sp³-hybridized carbons (Fsp3) is 0.429. The quantitative estimate of drug-likeness (QED) is 0.832. The van der Waals surface area contributed by atoms with Crippen LogP contribution in [0.2, 0.25) is 10.0 Å². The molecule has 5 nitrogen and oxygen atoms in total. The van der Waals surface area contributed by atoms with Crippen LogP contribution in [0, 0.1) is 0 Å². The van der Waals surface area contributed by atoms with E-state index in [-0.39, 0.29) is 33.6 Å². The molecular formula is C14H17Cl2N3O2. The lowest BCUT2D eigenvalue weighted by atomic mass is 10.1. The molecule has 1 fully saturated rings. The number of hydrogen-bond acceptors (Lipinski definition) is 3. The van der Waals surface area contributed by atoms with Crippen molar-refractivity contribution in [1.29, 1.82) is 0 Å². The van der Waals surface area contributed by atoms with E-state index in [0.717, 1.165) is 13.0 Å². The number of nitrogen functional groups attached to an aromatic ring is 1. The molecule has 0 aromatic heterocycles. The first-order valence-electron chi connectivity index (χ1n) is 6.71. The van der Waals surface area contributed by atoms with Gasteiger partial charge >= 0.3 is 0 Å². The number of halogens is 2. The zero-order chi connectivity index (χ0) is 15.6. The van der Waals surface area contributed by atoms with Crippen molar-refractivity contribution in [3.8, 4) is 0 Å². The van der Waals surface area contributed by atoms with Crippen LogP contribution in [0.5, 0.6) is 0 Å².